The van der Waals surface area contributed by atoms with Crippen LogP contribution >= 0.6 is 11.3 Å². The van der Waals surface area contributed by atoms with Gasteiger partial charge in [-0.3, -0.25) is 0 Å². The maximum atomic E-state index is 12.2. The van der Waals surface area contributed by atoms with Gasteiger partial charge in [0.2, 0.25) is 10.0 Å². The van der Waals surface area contributed by atoms with Crippen LogP contribution in [-0.2, 0) is 16.6 Å². The predicted molar refractivity (Wildman–Crippen MR) is 83.5 cm³/mol. The summed E-state index contributed by atoms with van der Waals surface area (Å²) >= 11 is 1.30. The first-order chi connectivity index (χ1) is 9.51. The van der Waals surface area contributed by atoms with Crippen molar-refractivity contribution < 1.29 is 8.42 Å². The molecule has 6 heteroatoms. The second-order valence-electron chi connectivity index (χ2n) is 5.63. The van der Waals surface area contributed by atoms with Crippen molar-refractivity contribution in [3.63, 3.8) is 0 Å². The fourth-order valence-corrected chi connectivity index (χ4v) is 4.56. The smallest absolute Gasteiger partial charge is 0.250 e. The van der Waals surface area contributed by atoms with E-state index >= 15 is 0 Å². The van der Waals surface area contributed by atoms with Crippen molar-refractivity contribution in [1.82, 2.24) is 10.0 Å². The monoisotopic (exact) mass is 316 g/mol. The molecule has 0 unspecified atom stereocenters. The van der Waals surface area contributed by atoms with Crippen LogP contribution < -0.4 is 10.0 Å². The molecule has 2 rings (SSSR count). The van der Waals surface area contributed by atoms with Gasteiger partial charge in [0.25, 0.3) is 0 Å². The Morgan fingerprint density at radius 3 is 2.70 bits per heavy atom. The summed E-state index contributed by atoms with van der Waals surface area (Å²) in [4.78, 5) is 0. The molecule has 1 aromatic heterocycles. The lowest BCUT2D eigenvalue weighted by molar-refractivity contribution is 0.476. The van der Waals surface area contributed by atoms with Crippen molar-refractivity contribution in [3.05, 3.63) is 17.0 Å². The van der Waals surface area contributed by atoms with E-state index in [0.29, 0.717) is 10.8 Å². The molecule has 0 spiro atoms. The van der Waals surface area contributed by atoms with Crippen LogP contribution in [0.15, 0.2) is 15.7 Å². The van der Waals surface area contributed by atoms with Crippen LogP contribution in [0.5, 0.6) is 0 Å². The minimum Gasteiger partial charge on any atom is -0.313 e. The van der Waals surface area contributed by atoms with Crippen LogP contribution in [0.25, 0.3) is 0 Å². The van der Waals surface area contributed by atoms with Crippen LogP contribution in [0, 0.1) is 5.41 Å². The van der Waals surface area contributed by atoms with E-state index in [0.717, 1.165) is 44.3 Å². The van der Waals surface area contributed by atoms with Gasteiger partial charge in [-0.05, 0) is 54.7 Å². The molecular weight excluding hydrogens is 292 g/mol. The lowest BCUT2D eigenvalue weighted by Crippen LogP contribution is -2.29. The van der Waals surface area contributed by atoms with Crippen LogP contribution in [-0.4, -0.2) is 21.5 Å². The number of hydrogen-bond donors (Lipinski definition) is 2. The van der Waals surface area contributed by atoms with Crippen molar-refractivity contribution in [3.8, 4) is 0 Å². The highest BCUT2D eigenvalue weighted by atomic mass is 32.2. The second kappa shape index (κ2) is 6.56. The normalized spacial score (nSPS) is 17.3. The molecule has 1 aliphatic carbocycles. The molecule has 1 saturated carbocycles. The van der Waals surface area contributed by atoms with Gasteiger partial charge in [-0.2, -0.15) is 0 Å². The Hall–Kier alpha value is -0.430. The molecule has 1 fully saturated rings. The molecule has 0 radical (unpaired) electrons. The zero-order valence-corrected chi connectivity index (χ0v) is 13.9. The van der Waals surface area contributed by atoms with E-state index < -0.39 is 10.0 Å². The van der Waals surface area contributed by atoms with Crippen molar-refractivity contribution in [2.24, 2.45) is 5.41 Å². The Balaban J connectivity index is 1.92. The summed E-state index contributed by atoms with van der Waals surface area (Å²) in [5.74, 6) is 0. The second-order valence-corrected chi connectivity index (χ2v) is 8.53. The van der Waals surface area contributed by atoms with Gasteiger partial charge in [-0.15, -0.1) is 11.3 Å². The van der Waals surface area contributed by atoms with Gasteiger partial charge >= 0.3 is 0 Å². The number of sulfonamides is 1. The highest BCUT2D eigenvalue weighted by molar-refractivity contribution is 7.91. The Labute approximate surface area is 126 Å². The van der Waals surface area contributed by atoms with Crippen molar-refractivity contribution in [2.45, 2.75) is 50.3 Å². The molecule has 0 amide bonds. The third-order valence-corrected chi connectivity index (χ3v) is 6.88. The first-order valence-corrected chi connectivity index (χ1v) is 9.65. The zero-order valence-electron chi connectivity index (χ0n) is 12.2. The molecule has 1 aromatic rings. The summed E-state index contributed by atoms with van der Waals surface area (Å²) < 4.78 is 27.7. The largest absolute Gasteiger partial charge is 0.313 e. The molecule has 0 saturated heterocycles. The average molecular weight is 316 g/mol. The molecule has 0 aromatic carbocycles. The molecule has 114 valence electrons. The van der Waals surface area contributed by atoms with Gasteiger partial charge in [0.05, 0.1) is 0 Å². The number of rotatable bonds is 9. The van der Waals surface area contributed by atoms with Crippen molar-refractivity contribution in [2.75, 3.05) is 13.1 Å². The van der Waals surface area contributed by atoms with Gasteiger partial charge in [0, 0.05) is 13.1 Å². The average Bonchev–Trinajstić information content (AvgIpc) is 3.06. The Bertz CT molecular complexity index is 533. The molecular formula is C14H24N2O2S2. The van der Waals surface area contributed by atoms with Gasteiger partial charge in [0.1, 0.15) is 4.21 Å². The highest BCUT2D eigenvalue weighted by Gasteiger charge is 2.41. The Morgan fingerprint density at radius 2 is 2.10 bits per heavy atom. The Kier molecular flexibility index (Phi) is 5.23. The van der Waals surface area contributed by atoms with Crippen LogP contribution in [0.1, 0.15) is 45.1 Å². The molecule has 0 aliphatic heterocycles. The highest BCUT2D eigenvalue weighted by Crippen LogP contribution is 2.48. The van der Waals surface area contributed by atoms with E-state index in [-0.39, 0.29) is 5.41 Å². The summed E-state index contributed by atoms with van der Waals surface area (Å²) in [5, 5.41) is 5.20. The molecule has 0 atom stereocenters. The standard InChI is InChI=1S/C14H24N2O2S2/c1-3-7-15-9-12-8-13(19-10-12)20(17,18)16-11-14(4-2)5-6-14/h8,10,15-16H,3-7,9,11H2,1-2H3. The van der Waals surface area contributed by atoms with E-state index in [1.165, 1.54) is 11.3 Å². The summed E-state index contributed by atoms with van der Waals surface area (Å²) in [5.41, 5.74) is 1.27. The van der Waals surface area contributed by atoms with Gasteiger partial charge in [0.15, 0.2) is 0 Å². The number of hydrogen-bond acceptors (Lipinski definition) is 4. The molecule has 4 nitrogen and oxygen atoms in total. The predicted octanol–water partition coefficient (Wildman–Crippen LogP) is 2.72. The van der Waals surface area contributed by atoms with E-state index in [9.17, 15) is 8.42 Å². The van der Waals surface area contributed by atoms with Crippen LogP contribution in [0.3, 0.4) is 0 Å². The van der Waals surface area contributed by atoms with Crippen LogP contribution in [0.2, 0.25) is 0 Å². The quantitative estimate of drug-likeness (QED) is 0.689. The lowest BCUT2D eigenvalue weighted by atomic mass is 10.1. The third-order valence-electron chi connectivity index (χ3n) is 3.99. The molecule has 2 N–H and O–H groups in total. The SMILES string of the molecule is CCCNCc1csc(S(=O)(=O)NCC2(CC)CC2)c1. The summed E-state index contributed by atoms with van der Waals surface area (Å²) in [6, 6.07) is 1.78. The number of thiophene rings is 1. The van der Waals surface area contributed by atoms with Crippen LogP contribution in [0.4, 0.5) is 0 Å². The van der Waals surface area contributed by atoms with E-state index in [1.807, 2.05) is 5.38 Å². The van der Waals surface area contributed by atoms with Gasteiger partial charge in [-0.1, -0.05) is 13.8 Å². The maximum absolute atomic E-state index is 12.2. The zero-order chi connectivity index (χ0) is 14.6. The first kappa shape index (κ1) is 15.9. The summed E-state index contributed by atoms with van der Waals surface area (Å²) in [7, 11) is -3.33. The van der Waals surface area contributed by atoms with Crippen molar-refractivity contribution >= 4 is 21.4 Å². The first-order valence-electron chi connectivity index (χ1n) is 7.29. The molecule has 20 heavy (non-hydrogen) atoms. The number of nitrogens with one attached hydrogen (secondary N) is 2. The van der Waals surface area contributed by atoms with E-state index in [1.54, 1.807) is 6.07 Å². The summed E-state index contributed by atoms with van der Waals surface area (Å²) in [6.07, 6.45) is 4.41. The molecule has 0 bridgehead atoms. The minimum atomic E-state index is -3.33. The van der Waals surface area contributed by atoms with Gasteiger partial charge < -0.3 is 5.32 Å². The summed E-state index contributed by atoms with van der Waals surface area (Å²) in [6.45, 7) is 6.51. The van der Waals surface area contributed by atoms with E-state index in [2.05, 4.69) is 23.9 Å². The third kappa shape index (κ3) is 4.04. The maximum Gasteiger partial charge on any atom is 0.250 e. The van der Waals surface area contributed by atoms with E-state index in [4.69, 9.17) is 0 Å². The Morgan fingerprint density at radius 1 is 1.35 bits per heavy atom. The van der Waals surface area contributed by atoms with Gasteiger partial charge in [-0.25, -0.2) is 13.1 Å². The van der Waals surface area contributed by atoms with Crippen molar-refractivity contribution in [1.29, 1.82) is 0 Å². The molecule has 1 aliphatic rings. The topological polar surface area (TPSA) is 58.2 Å². The minimum absolute atomic E-state index is 0.232. The molecule has 1 heterocycles. The lowest BCUT2D eigenvalue weighted by Gasteiger charge is -2.12. The fourth-order valence-electron chi connectivity index (χ4n) is 2.15. The fraction of sp³-hybridized carbons (Fsp3) is 0.714.